The summed E-state index contributed by atoms with van der Waals surface area (Å²) in [7, 11) is 2.88. The highest BCUT2D eigenvalue weighted by atomic mass is 16.5. The number of methoxy groups -OCH3 is 2. The van der Waals surface area contributed by atoms with Crippen LogP contribution >= 0.6 is 0 Å². The Morgan fingerprint density at radius 1 is 0.933 bits per heavy atom. The molecule has 0 fully saturated rings. The molecule has 160 valence electrons. The van der Waals surface area contributed by atoms with Gasteiger partial charge in [-0.3, -0.25) is 9.59 Å². The van der Waals surface area contributed by atoms with E-state index in [4.69, 9.17) is 14.2 Å². The van der Waals surface area contributed by atoms with E-state index in [1.165, 1.54) is 33.3 Å². The molecule has 1 N–H and O–H groups in total. The molecule has 2 aromatic carbocycles. The summed E-state index contributed by atoms with van der Waals surface area (Å²) < 4.78 is 15.9. The van der Waals surface area contributed by atoms with Crippen molar-refractivity contribution in [3.63, 3.8) is 0 Å². The zero-order valence-electron chi connectivity index (χ0n) is 18.1. The van der Waals surface area contributed by atoms with E-state index in [0.29, 0.717) is 17.1 Å². The van der Waals surface area contributed by atoms with Crippen molar-refractivity contribution in [2.24, 2.45) is 5.41 Å². The first-order valence-electron chi connectivity index (χ1n) is 9.46. The Balaban J connectivity index is 2.36. The van der Waals surface area contributed by atoms with Crippen LogP contribution in [-0.2, 0) is 9.53 Å². The van der Waals surface area contributed by atoms with Crippen LogP contribution in [0.1, 0.15) is 48.4 Å². The summed E-state index contributed by atoms with van der Waals surface area (Å²) in [6.45, 7) is 6.76. The standard InChI is InChI=1S/C23H27NO6/c1-14(20(25)15-10-8-7-9-11-15)30-21(26)16-12-18(28-5)19(29-6)13-17(16)24-22(27)23(2,3)4/h7-14H,1-6H3,(H,24,27)/t14-/m1/s1. The number of rotatable bonds is 7. The van der Waals surface area contributed by atoms with Crippen molar-refractivity contribution in [1.29, 1.82) is 0 Å². The van der Waals surface area contributed by atoms with E-state index in [1.807, 2.05) is 0 Å². The molecule has 0 aliphatic heterocycles. The summed E-state index contributed by atoms with van der Waals surface area (Å²) in [5.41, 5.74) is 0.00604. The van der Waals surface area contributed by atoms with Crippen LogP contribution in [-0.4, -0.2) is 38.0 Å². The second-order valence-corrected chi connectivity index (χ2v) is 7.73. The highest BCUT2D eigenvalue weighted by Crippen LogP contribution is 2.34. The summed E-state index contributed by atoms with van der Waals surface area (Å²) in [4.78, 5) is 37.9. The van der Waals surface area contributed by atoms with Crippen LogP contribution in [0.4, 0.5) is 5.69 Å². The maximum Gasteiger partial charge on any atom is 0.341 e. The summed E-state index contributed by atoms with van der Waals surface area (Å²) in [5.74, 6) is -0.759. The summed E-state index contributed by atoms with van der Waals surface area (Å²) in [6, 6.07) is 11.5. The lowest BCUT2D eigenvalue weighted by Crippen LogP contribution is -2.29. The normalized spacial score (nSPS) is 11.9. The first-order chi connectivity index (χ1) is 14.1. The lowest BCUT2D eigenvalue weighted by atomic mass is 9.95. The van der Waals surface area contributed by atoms with Gasteiger partial charge in [-0.1, -0.05) is 51.1 Å². The molecule has 0 aliphatic carbocycles. The zero-order valence-corrected chi connectivity index (χ0v) is 18.1. The number of benzene rings is 2. The minimum atomic E-state index is -1.01. The Bertz CT molecular complexity index is 931. The molecular formula is C23H27NO6. The van der Waals surface area contributed by atoms with Gasteiger partial charge in [-0.05, 0) is 6.92 Å². The van der Waals surface area contributed by atoms with Crippen molar-refractivity contribution in [2.45, 2.75) is 33.8 Å². The van der Waals surface area contributed by atoms with Crippen LogP contribution in [0.5, 0.6) is 11.5 Å². The third-order valence-corrected chi connectivity index (χ3v) is 4.38. The van der Waals surface area contributed by atoms with Crippen LogP contribution in [0, 0.1) is 5.41 Å². The molecule has 0 saturated carbocycles. The van der Waals surface area contributed by atoms with E-state index in [-0.39, 0.29) is 22.9 Å². The summed E-state index contributed by atoms with van der Waals surface area (Å²) >= 11 is 0. The molecule has 7 nitrogen and oxygen atoms in total. The molecule has 0 radical (unpaired) electrons. The predicted molar refractivity (Wildman–Crippen MR) is 113 cm³/mol. The van der Waals surface area contributed by atoms with E-state index in [9.17, 15) is 14.4 Å². The minimum Gasteiger partial charge on any atom is -0.493 e. The quantitative estimate of drug-likeness (QED) is 0.542. The van der Waals surface area contributed by atoms with Crippen LogP contribution in [0.2, 0.25) is 0 Å². The molecule has 0 spiro atoms. The number of Topliss-reactive ketones (excluding diaryl/α,β-unsaturated/α-hetero) is 1. The Hall–Kier alpha value is -3.35. The number of amides is 1. The van der Waals surface area contributed by atoms with Gasteiger partial charge >= 0.3 is 5.97 Å². The van der Waals surface area contributed by atoms with E-state index in [1.54, 1.807) is 51.1 Å². The molecular weight excluding hydrogens is 386 g/mol. The number of ether oxygens (including phenoxy) is 3. The molecule has 30 heavy (non-hydrogen) atoms. The smallest absolute Gasteiger partial charge is 0.341 e. The van der Waals surface area contributed by atoms with Gasteiger partial charge < -0.3 is 19.5 Å². The second-order valence-electron chi connectivity index (χ2n) is 7.73. The fraction of sp³-hybridized carbons (Fsp3) is 0.348. The molecule has 0 unspecified atom stereocenters. The van der Waals surface area contributed by atoms with Crippen LogP contribution in [0.25, 0.3) is 0 Å². The average Bonchev–Trinajstić information content (AvgIpc) is 2.72. The molecule has 2 aromatic rings. The van der Waals surface area contributed by atoms with E-state index >= 15 is 0 Å². The van der Waals surface area contributed by atoms with E-state index in [0.717, 1.165) is 0 Å². The van der Waals surface area contributed by atoms with Crippen molar-refractivity contribution < 1.29 is 28.6 Å². The third kappa shape index (κ3) is 5.37. The van der Waals surface area contributed by atoms with E-state index in [2.05, 4.69) is 5.32 Å². The molecule has 2 rings (SSSR count). The van der Waals surface area contributed by atoms with Crippen molar-refractivity contribution in [2.75, 3.05) is 19.5 Å². The molecule has 0 saturated heterocycles. The number of esters is 1. The topological polar surface area (TPSA) is 90.9 Å². The lowest BCUT2D eigenvalue weighted by molar-refractivity contribution is -0.123. The predicted octanol–water partition coefficient (Wildman–Crippen LogP) is 4.12. The first-order valence-corrected chi connectivity index (χ1v) is 9.46. The van der Waals surface area contributed by atoms with Crippen molar-refractivity contribution in [3.05, 3.63) is 53.6 Å². The molecule has 0 bridgehead atoms. The molecule has 1 amide bonds. The SMILES string of the molecule is COc1cc(NC(=O)C(C)(C)C)c(C(=O)O[C@H](C)C(=O)c2ccccc2)cc1OC. The highest BCUT2D eigenvalue weighted by Gasteiger charge is 2.27. The number of hydrogen-bond donors (Lipinski definition) is 1. The maximum atomic E-state index is 12.9. The van der Waals surface area contributed by atoms with Gasteiger partial charge in [0.1, 0.15) is 0 Å². The van der Waals surface area contributed by atoms with Crippen molar-refractivity contribution in [1.82, 2.24) is 0 Å². The van der Waals surface area contributed by atoms with Gasteiger partial charge in [0, 0.05) is 23.1 Å². The fourth-order valence-corrected chi connectivity index (χ4v) is 2.58. The number of ketones is 1. The zero-order chi connectivity index (χ0) is 22.5. The van der Waals surface area contributed by atoms with Crippen LogP contribution in [0.3, 0.4) is 0 Å². The highest BCUT2D eigenvalue weighted by molar-refractivity contribution is 6.05. The van der Waals surface area contributed by atoms with Gasteiger partial charge in [0.2, 0.25) is 11.7 Å². The Labute approximate surface area is 176 Å². The molecule has 0 aromatic heterocycles. The maximum absolute atomic E-state index is 12.9. The minimum absolute atomic E-state index is 0.0537. The molecule has 7 heteroatoms. The number of hydrogen-bond acceptors (Lipinski definition) is 6. The van der Waals surface area contributed by atoms with Crippen LogP contribution < -0.4 is 14.8 Å². The van der Waals surface area contributed by atoms with Gasteiger partial charge in [-0.2, -0.15) is 0 Å². The van der Waals surface area contributed by atoms with Gasteiger partial charge in [0.25, 0.3) is 0 Å². The Morgan fingerprint density at radius 2 is 1.50 bits per heavy atom. The average molecular weight is 413 g/mol. The van der Waals surface area contributed by atoms with Crippen molar-refractivity contribution in [3.8, 4) is 11.5 Å². The monoisotopic (exact) mass is 413 g/mol. The largest absolute Gasteiger partial charge is 0.493 e. The lowest BCUT2D eigenvalue weighted by Gasteiger charge is -2.21. The number of carbonyl (C=O) groups is 3. The molecule has 0 heterocycles. The number of nitrogens with one attached hydrogen (secondary N) is 1. The first kappa shape index (κ1) is 22.9. The van der Waals surface area contributed by atoms with Gasteiger partial charge in [-0.25, -0.2) is 4.79 Å². The third-order valence-electron chi connectivity index (χ3n) is 4.38. The number of carbonyl (C=O) groups excluding carboxylic acids is 3. The van der Waals surface area contributed by atoms with Crippen LogP contribution in [0.15, 0.2) is 42.5 Å². The molecule has 1 atom stereocenters. The van der Waals surface area contributed by atoms with E-state index < -0.39 is 17.5 Å². The van der Waals surface area contributed by atoms with Gasteiger partial charge in [0.05, 0.1) is 25.5 Å². The fourth-order valence-electron chi connectivity index (χ4n) is 2.58. The van der Waals surface area contributed by atoms with Crippen molar-refractivity contribution >= 4 is 23.3 Å². The Morgan fingerprint density at radius 3 is 2.03 bits per heavy atom. The van der Waals surface area contributed by atoms with Gasteiger partial charge in [-0.15, -0.1) is 0 Å². The van der Waals surface area contributed by atoms with Gasteiger partial charge in [0.15, 0.2) is 17.6 Å². The second kappa shape index (κ2) is 9.43. The molecule has 0 aliphatic rings. The summed E-state index contributed by atoms with van der Waals surface area (Å²) in [5, 5.41) is 2.73. The summed E-state index contributed by atoms with van der Waals surface area (Å²) in [6.07, 6.45) is -1.01. The Kier molecular flexibility index (Phi) is 7.21. The number of anilines is 1.